The highest BCUT2D eigenvalue weighted by Gasteiger charge is 2.35. The molecule has 1 heterocycles. The van der Waals surface area contributed by atoms with Crippen molar-refractivity contribution in [3.05, 3.63) is 58.1 Å². The van der Waals surface area contributed by atoms with Crippen molar-refractivity contribution in [2.24, 2.45) is 0 Å². The highest BCUT2D eigenvalue weighted by Crippen LogP contribution is 2.28. The van der Waals surface area contributed by atoms with Crippen LogP contribution in [-0.2, 0) is 24.8 Å². The van der Waals surface area contributed by atoms with Crippen LogP contribution < -0.4 is 0 Å². The lowest BCUT2D eigenvalue weighted by Crippen LogP contribution is -2.50. The molecule has 0 bridgehead atoms. The zero-order chi connectivity index (χ0) is 23.0. The van der Waals surface area contributed by atoms with Gasteiger partial charge in [-0.1, -0.05) is 17.7 Å². The molecule has 0 spiro atoms. The highest BCUT2D eigenvalue weighted by atomic mass is 35.5. The predicted molar refractivity (Wildman–Crippen MR) is 116 cm³/mol. The van der Waals surface area contributed by atoms with Crippen LogP contribution in [0.2, 0.25) is 5.02 Å². The Bertz CT molecular complexity index is 1220. The molecule has 31 heavy (non-hydrogen) atoms. The van der Waals surface area contributed by atoms with Crippen molar-refractivity contribution in [2.75, 3.05) is 33.3 Å². The number of carbonyl (C=O) groups excluding carboxylic acids is 1. The second-order valence-electron chi connectivity index (χ2n) is 7.19. The Labute approximate surface area is 187 Å². The number of esters is 1. The zero-order valence-corrected chi connectivity index (χ0v) is 19.7. The minimum absolute atomic E-state index is 0.00278. The second kappa shape index (κ2) is 8.87. The SMILES string of the molecule is COC(=O)c1ccc(Cl)c(S(=O)(=O)N2CCN(S(=O)(=O)c3ccc(C)c(C)c3)CC2)c1. The quantitative estimate of drug-likeness (QED) is 0.601. The molecule has 0 aliphatic carbocycles. The summed E-state index contributed by atoms with van der Waals surface area (Å²) in [7, 11) is -6.58. The number of carbonyl (C=O) groups is 1. The molecule has 0 aromatic heterocycles. The van der Waals surface area contributed by atoms with Gasteiger partial charge in [-0.05, 0) is 55.3 Å². The minimum Gasteiger partial charge on any atom is -0.465 e. The maximum Gasteiger partial charge on any atom is 0.337 e. The number of rotatable bonds is 5. The molecule has 3 rings (SSSR count). The fraction of sp³-hybridized carbons (Fsp3) is 0.350. The summed E-state index contributed by atoms with van der Waals surface area (Å²) in [5, 5.41) is -0.0298. The molecule has 2 aromatic carbocycles. The standard InChI is InChI=1S/C20H23ClN2O6S2/c1-14-4-6-17(12-15(14)2)30(25,26)22-8-10-23(11-9-22)31(27,28)19-13-16(20(24)29-3)5-7-18(19)21/h4-7,12-13H,8-11H2,1-3H3. The third-order valence-corrected chi connectivity index (χ3v) is 9.56. The van der Waals surface area contributed by atoms with Crippen LogP contribution >= 0.6 is 11.6 Å². The summed E-state index contributed by atoms with van der Waals surface area (Å²) in [5.74, 6) is -0.683. The van der Waals surface area contributed by atoms with Gasteiger partial charge in [-0.3, -0.25) is 0 Å². The first-order chi connectivity index (χ1) is 14.5. The Kier molecular flexibility index (Phi) is 6.78. The van der Waals surface area contributed by atoms with Crippen molar-refractivity contribution in [1.82, 2.24) is 8.61 Å². The van der Waals surface area contributed by atoms with E-state index in [1.54, 1.807) is 18.2 Å². The number of nitrogens with zero attached hydrogens (tertiary/aromatic N) is 2. The van der Waals surface area contributed by atoms with Gasteiger partial charge in [0.25, 0.3) is 0 Å². The van der Waals surface area contributed by atoms with Crippen molar-refractivity contribution in [3.8, 4) is 0 Å². The lowest BCUT2D eigenvalue weighted by atomic mass is 10.1. The molecule has 1 aliphatic rings. The smallest absolute Gasteiger partial charge is 0.337 e. The normalized spacial score (nSPS) is 16.3. The summed E-state index contributed by atoms with van der Waals surface area (Å²) in [5.41, 5.74) is 1.91. The van der Waals surface area contributed by atoms with Crippen molar-refractivity contribution in [1.29, 1.82) is 0 Å². The van der Waals surface area contributed by atoms with E-state index >= 15 is 0 Å². The molecule has 0 unspecified atom stereocenters. The van der Waals surface area contributed by atoms with Gasteiger partial charge < -0.3 is 4.74 Å². The number of piperazine rings is 1. The zero-order valence-electron chi connectivity index (χ0n) is 17.3. The molecule has 0 amide bonds. The number of hydrogen-bond acceptors (Lipinski definition) is 6. The van der Waals surface area contributed by atoms with Crippen molar-refractivity contribution in [2.45, 2.75) is 23.6 Å². The molecular formula is C20H23ClN2O6S2. The van der Waals surface area contributed by atoms with E-state index in [1.165, 1.54) is 33.9 Å². The number of halogens is 1. The Morgan fingerprint density at radius 3 is 2.00 bits per heavy atom. The summed E-state index contributed by atoms with van der Waals surface area (Å²) in [6.07, 6.45) is 0. The van der Waals surface area contributed by atoms with Crippen LogP contribution in [0.1, 0.15) is 21.5 Å². The Balaban J connectivity index is 1.81. The molecule has 0 N–H and O–H groups in total. The molecule has 1 aliphatic heterocycles. The number of hydrogen-bond donors (Lipinski definition) is 0. The van der Waals surface area contributed by atoms with Gasteiger partial charge in [0, 0.05) is 26.2 Å². The van der Waals surface area contributed by atoms with Gasteiger partial charge >= 0.3 is 5.97 Å². The highest BCUT2D eigenvalue weighted by molar-refractivity contribution is 7.89. The van der Waals surface area contributed by atoms with Crippen LogP contribution in [0.4, 0.5) is 0 Å². The predicted octanol–water partition coefficient (Wildman–Crippen LogP) is 2.44. The summed E-state index contributed by atoms with van der Waals surface area (Å²) < 4.78 is 59.2. The third kappa shape index (κ3) is 4.63. The van der Waals surface area contributed by atoms with Crippen molar-refractivity contribution >= 4 is 37.6 Å². The Hall–Kier alpha value is -1.98. The van der Waals surface area contributed by atoms with Gasteiger partial charge in [0.15, 0.2) is 0 Å². The van der Waals surface area contributed by atoms with Crippen molar-refractivity contribution in [3.63, 3.8) is 0 Å². The van der Waals surface area contributed by atoms with Crippen LogP contribution in [0.25, 0.3) is 0 Å². The maximum absolute atomic E-state index is 13.1. The maximum atomic E-state index is 13.1. The van der Waals surface area contributed by atoms with E-state index in [9.17, 15) is 21.6 Å². The molecule has 0 radical (unpaired) electrons. The van der Waals surface area contributed by atoms with Gasteiger partial charge in [-0.2, -0.15) is 8.61 Å². The van der Waals surface area contributed by atoms with E-state index in [-0.39, 0.29) is 46.6 Å². The molecule has 168 valence electrons. The van der Waals surface area contributed by atoms with E-state index in [0.717, 1.165) is 11.1 Å². The second-order valence-corrected chi connectivity index (χ2v) is 11.4. The van der Waals surface area contributed by atoms with E-state index in [0.29, 0.717) is 0 Å². The molecule has 0 atom stereocenters. The van der Waals surface area contributed by atoms with E-state index < -0.39 is 26.0 Å². The van der Waals surface area contributed by atoms with E-state index in [4.69, 9.17) is 11.6 Å². The monoisotopic (exact) mass is 486 g/mol. The molecule has 8 nitrogen and oxygen atoms in total. The molecule has 0 saturated carbocycles. The number of sulfonamides is 2. The summed E-state index contributed by atoms with van der Waals surface area (Å²) >= 11 is 6.09. The van der Waals surface area contributed by atoms with Crippen molar-refractivity contribution < 1.29 is 26.4 Å². The fourth-order valence-corrected chi connectivity index (χ4v) is 6.69. The van der Waals surface area contributed by atoms with Crippen LogP contribution in [0.3, 0.4) is 0 Å². The first kappa shape index (κ1) is 23.7. The average molecular weight is 487 g/mol. The van der Waals surface area contributed by atoms with Crippen LogP contribution in [-0.4, -0.2) is 64.7 Å². The molecule has 11 heteroatoms. The molecule has 2 aromatic rings. The van der Waals surface area contributed by atoms with Crippen LogP contribution in [0.5, 0.6) is 0 Å². The summed E-state index contributed by atoms with van der Waals surface area (Å²) in [6, 6.07) is 8.79. The number of methoxy groups -OCH3 is 1. The van der Waals surface area contributed by atoms with Gasteiger partial charge in [-0.15, -0.1) is 0 Å². The topological polar surface area (TPSA) is 101 Å². The number of aryl methyl sites for hydroxylation is 2. The number of ether oxygens (including phenoxy) is 1. The molecular weight excluding hydrogens is 464 g/mol. The minimum atomic E-state index is -4.03. The fourth-order valence-electron chi connectivity index (χ4n) is 3.26. The van der Waals surface area contributed by atoms with Gasteiger partial charge in [0.1, 0.15) is 4.90 Å². The first-order valence-corrected chi connectivity index (χ1v) is 12.7. The average Bonchev–Trinajstić information content (AvgIpc) is 2.75. The number of benzene rings is 2. The van der Waals surface area contributed by atoms with Gasteiger partial charge in [0.05, 0.1) is 22.6 Å². The van der Waals surface area contributed by atoms with Crippen LogP contribution in [0, 0.1) is 13.8 Å². The van der Waals surface area contributed by atoms with E-state index in [2.05, 4.69) is 4.74 Å². The molecule has 1 fully saturated rings. The van der Waals surface area contributed by atoms with Crippen LogP contribution in [0.15, 0.2) is 46.2 Å². The van der Waals surface area contributed by atoms with Gasteiger partial charge in [0.2, 0.25) is 20.0 Å². The van der Waals surface area contributed by atoms with Gasteiger partial charge in [-0.25, -0.2) is 21.6 Å². The Morgan fingerprint density at radius 1 is 0.871 bits per heavy atom. The lowest BCUT2D eigenvalue weighted by Gasteiger charge is -2.33. The lowest BCUT2D eigenvalue weighted by molar-refractivity contribution is 0.0600. The third-order valence-electron chi connectivity index (χ3n) is 5.28. The molecule has 1 saturated heterocycles. The first-order valence-electron chi connectivity index (χ1n) is 9.44. The summed E-state index contributed by atoms with van der Waals surface area (Å²) in [6.45, 7) is 3.67. The van der Waals surface area contributed by atoms with E-state index in [1.807, 2.05) is 13.8 Å². The largest absolute Gasteiger partial charge is 0.465 e. The summed E-state index contributed by atoms with van der Waals surface area (Å²) in [4.78, 5) is 11.7. The Morgan fingerprint density at radius 2 is 1.45 bits per heavy atom.